The lowest BCUT2D eigenvalue weighted by Gasteiger charge is -2.27. The standard InChI is InChI=1S/C24H37N3O3/c1-7-11-25(21(28)13-19(3)14-24(4,5)6)15-22(29)26-16-23(30)27(17-26)20-10-8-9-18(2)12-20/h8-10,12,19H,7,11,13-17H2,1-6H3. The topological polar surface area (TPSA) is 60.9 Å². The molecule has 0 aliphatic carbocycles. The van der Waals surface area contributed by atoms with Gasteiger partial charge in [-0.15, -0.1) is 0 Å². The number of aryl methyl sites for hydroxylation is 1. The Kier molecular flexibility index (Phi) is 8.04. The molecule has 0 bridgehead atoms. The average molecular weight is 416 g/mol. The lowest BCUT2D eigenvalue weighted by Crippen LogP contribution is -2.43. The van der Waals surface area contributed by atoms with Crippen molar-refractivity contribution in [2.75, 3.05) is 31.2 Å². The van der Waals surface area contributed by atoms with Gasteiger partial charge in [-0.25, -0.2) is 0 Å². The molecule has 1 fully saturated rings. The minimum Gasteiger partial charge on any atom is -0.333 e. The van der Waals surface area contributed by atoms with Gasteiger partial charge >= 0.3 is 0 Å². The summed E-state index contributed by atoms with van der Waals surface area (Å²) in [5.74, 6) is 0.00467. The number of amides is 3. The van der Waals surface area contributed by atoms with Gasteiger partial charge in [0.15, 0.2) is 0 Å². The van der Waals surface area contributed by atoms with Crippen LogP contribution in [0.5, 0.6) is 0 Å². The first-order chi connectivity index (χ1) is 14.0. The van der Waals surface area contributed by atoms with Gasteiger partial charge in [0.25, 0.3) is 0 Å². The number of nitrogens with zero attached hydrogens (tertiary/aromatic N) is 3. The number of rotatable bonds is 8. The van der Waals surface area contributed by atoms with Crippen LogP contribution in [0.15, 0.2) is 24.3 Å². The molecule has 30 heavy (non-hydrogen) atoms. The summed E-state index contributed by atoms with van der Waals surface area (Å²) in [6.07, 6.45) is 2.19. The van der Waals surface area contributed by atoms with Crippen molar-refractivity contribution in [1.82, 2.24) is 9.80 Å². The molecule has 0 aromatic heterocycles. The Morgan fingerprint density at radius 1 is 1.23 bits per heavy atom. The number of anilines is 1. The highest BCUT2D eigenvalue weighted by atomic mass is 16.2. The van der Waals surface area contributed by atoms with Crippen LogP contribution in [0.2, 0.25) is 0 Å². The summed E-state index contributed by atoms with van der Waals surface area (Å²) in [6.45, 7) is 13.5. The predicted octanol–water partition coefficient (Wildman–Crippen LogP) is 3.83. The van der Waals surface area contributed by atoms with E-state index in [1.165, 1.54) is 0 Å². The first-order valence-corrected chi connectivity index (χ1v) is 10.9. The summed E-state index contributed by atoms with van der Waals surface area (Å²) in [7, 11) is 0. The third kappa shape index (κ3) is 6.85. The quantitative estimate of drug-likeness (QED) is 0.648. The van der Waals surface area contributed by atoms with Crippen molar-refractivity contribution in [3.8, 4) is 0 Å². The molecule has 0 N–H and O–H groups in total. The van der Waals surface area contributed by atoms with Gasteiger partial charge in [-0.3, -0.25) is 19.3 Å². The molecule has 1 unspecified atom stereocenters. The van der Waals surface area contributed by atoms with Gasteiger partial charge in [-0.2, -0.15) is 0 Å². The molecule has 1 aliphatic rings. The third-order valence-corrected chi connectivity index (χ3v) is 5.26. The molecular formula is C24H37N3O3. The highest BCUT2D eigenvalue weighted by molar-refractivity contribution is 6.00. The Hall–Kier alpha value is -2.37. The Morgan fingerprint density at radius 2 is 1.93 bits per heavy atom. The van der Waals surface area contributed by atoms with Crippen LogP contribution < -0.4 is 4.90 Å². The smallest absolute Gasteiger partial charge is 0.248 e. The predicted molar refractivity (Wildman–Crippen MR) is 120 cm³/mol. The van der Waals surface area contributed by atoms with E-state index in [2.05, 4.69) is 27.7 Å². The molecule has 1 atom stereocenters. The van der Waals surface area contributed by atoms with E-state index in [1.807, 2.05) is 38.1 Å². The van der Waals surface area contributed by atoms with E-state index >= 15 is 0 Å². The van der Waals surface area contributed by atoms with E-state index in [9.17, 15) is 14.4 Å². The molecule has 1 saturated heterocycles. The second kappa shape index (κ2) is 10.1. The highest BCUT2D eigenvalue weighted by Gasteiger charge is 2.33. The maximum atomic E-state index is 12.9. The van der Waals surface area contributed by atoms with E-state index in [4.69, 9.17) is 0 Å². The third-order valence-electron chi connectivity index (χ3n) is 5.26. The molecule has 0 radical (unpaired) electrons. The fraction of sp³-hybridized carbons (Fsp3) is 0.625. The van der Waals surface area contributed by atoms with Crippen molar-refractivity contribution >= 4 is 23.4 Å². The molecular weight excluding hydrogens is 378 g/mol. The van der Waals surface area contributed by atoms with Crippen LogP contribution in [0.25, 0.3) is 0 Å². The Balaban J connectivity index is 1.99. The number of carbonyl (C=O) groups excluding carboxylic acids is 3. The molecule has 1 aromatic rings. The van der Waals surface area contributed by atoms with Crippen LogP contribution in [-0.2, 0) is 14.4 Å². The maximum absolute atomic E-state index is 12.9. The fourth-order valence-corrected chi connectivity index (χ4v) is 4.11. The Bertz CT molecular complexity index is 769. The average Bonchev–Trinajstić information content (AvgIpc) is 3.01. The van der Waals surface area contributed by atoms with Gasteiger partial charge in [0.2, 0.25) is 17.7 Å². The molecule has 0 spiro atoms. The fourth-order valence-electron chi connectivity index (χ4n) is 4.11. The number of carbonyl (C=O) groups is 3. The van der Waals surface area contributed by atoms with Crippen molar-refractivity contribution < 1.29 is 14.4 Å². The van der Waals surface area contributed by atoms with Gasteiger partial charge in [-0.05, 0) is 48.8 Å². The van der Waals surface area contributed by atoms with E-state index < -0.39 is 0 Å². The summed E-state index contributed by atoms with van der Waals surface area (Å²) < 4.78 is 0. The van der Waals surface area contributed by atoms with Crippen LogP contribution in [-0.4, -0.2) is 53.8 Å². The van der Waals surface area contributed by atoms with Crippen LogP contribution in [0, 0.1) is 18.3 Å². The molecule has 1 aliphatic heterocycles. The van der Waals surface area contributed by atoms with Crippen molar-refractivity contribution in [3.63, 3.8) is 0 Å². The van der Waals surface area contributed by atoms with Gasteiger partial charge in [0.05, 0.1) is 6.54 Å². The molecule has 0 saturated carbocycles. The first-order valence-electron chi connectivity index (χ1n) is 10.9. The van der Waals surface area contributed by atoms with Crippen molar-refractivity contribution in [2.24, 2.45) is 11.3 Å². The zero-order chi connectivity index (χ0) is 22.5. The van der Waals surface area contributed by atoms with Crippen LogP contribution in [0.4, 0.5) is 5.69 Å². The Morgan fingerprint density at radius 3 is 2.53 bits per heavy atom. The van der Waals surface area contributed by atoms with E-state index in [1.54, 1.807) is 14.7 Å². The second-order valence-electron chi connectivity index (χ2n) is 9.78. The molecule has 166 valence electrons. The molecule has 1 aromatic carbocycles. The normalized spacial score (nSPS) is 15.5. The van der Waals surface area contributed by atoms with E-state index in [-0.39, 0.29) is 48.8 Å². The van der Waals surface area contributed by atoms with Gasteiger partial charge in [0.1, 0.15) is 13.2 Å². The first kappa shape index (κ1) is 23.9. The van der Waals surface area contributed by atoms with Crippen LogP contribution in [0.1, 0.15) is 59.4 Å². The largest absolute Gasteiger partial charge is 0.333 e. The lowest BCUT2D eigenvalue weighted by molar-refractivity contribution is -0.140. The summed E-state index contributed by atoms with van der Waals surface area (Å²) in [6, 6.07) is 7.70. The summed E-state index contributed by atoms with van der Waals surface area (Å²) in [4.78, 5) is 43.0. The van der Waals surface area contributed by atoms with Crippen molar-refractivity contribution in [1.29, 1.82) is 0 Å². The van der Waals surface area contributed by atoms with Crippen molar-refractivity contribution in [3.05, 3.63) is 29.8 Å². The van der Waals surface area contributed by atoms with E-state index in [0.29, 0.717) is 13.0 Å². The maximum Gasteiger partial charge on any atom is 0.248 e. The Labute approximate surface area is 181 Å². The lowest BCUT2D eigenvalue weighted by atomic mass is 9.84. The minimum atomic E-state index is -0.177. The van der Waals surface area contributed by atoms with Crippen molar-refractivity contribution in [2.45, 2.75) is 60.8 Å². The second-order valence-corrected chi connectivity index (χ2v) is 9.78. The zero-order valence-corrected chi connectivity index (χ0v) is 19.4. The molecule has 2 rings (SSSR count). The monoisotopic (exact) mass is 415 g/mol. The molecule has 6 heteroatoms. The minimum absolute atomic E-state index is 0.0167. The van der Waals surface area contributed by atoms with E-state index in [0.717, 1.165) is 24.1 Å². The summed E-state index contributed by atoms with van der Waals surface area (Å²) >= 11 is 0. The van der Waals surface area contributed by atoms with Gasteiger partial charge in [0, 0.05) is 18.7 Å². The van der Waals surface area contributed by atoms with Gasteiger partial charge in [-0.1, -0.05) is 46.8 Å². The number of benzene rings is 1. The molecule has 1 heterocycles. The van der Waals surface area contributed by atoms with Crippen LogP contribution in [0.3, 0.4) is 0 Å². The summed E-state index contributed by atoms with van der Waals surface area (Å²) in [5, 5.41) is 0. The SMILES string of the molecule is CCCN(CC(=O)N1CC(=O)N(c2cccc(C)c2)C1)C(=O)CC(C)CC(C)(C)C. The highest BCUT2D eigenvalue weighted by Crippen LogP contribution is 2.26. The summed E-state index contributed by atoms with van der Waals surface area (Å²) in [5.41, 5.74) is 2.03. The molecule has 6 nitrogen and oxygen atoms in total. The van der Waals surface area contributed by atoms with Crippen LogP contribution >= 0.6 is 0 Å². The zero-order valence-electron chi connectivity index (χ0n) is 19.4. The number of hydrogen-bond donors (Lipinski definition) is 0. The van der Waals surface area contributed by atoms with Gasteiger partial charge < -0.3 is 9.80 Å². The number of hydrogen-bond acceptors (Lipinski definition) is 3. The molecule has 3 amide bonds.